The SMILES string of the molecule is COC1=C(C)C(=O)C(C)=C(C(C)(C)/C=C(\C)C(C)N)C1=O. The van der Waals surface area contributed by atoms with Crippen LogP contribution in [-0.4, -0.2) is 24.7 Å². The number of allylic oxidation sites excluding steroid dienone is 4. The zero-order valence-electron chi connectivity index (χ0n) is 14.0. The number of hydrogen-bond donors (Lipinski definition) is 1. The van der Waals surface area contributed by atoms with Crippen LogP contribution in [0.25, 0.3) is 0 Å². The summed E-state index contributed by atoms with van der Waals surface area (Å²) in [6.07, 6.45) is 1.95. The van der Waals surface area contributed by atoms with E-state index in [1.165, 1.54) is 7.11 Å². The molecule has 0 saturated carbocycles. The Morgan fingerprint density at radius 2 is 1.71 bits per heavy atom. The quantitative estimate of drug-likeness (QED) is 0.638. The molecular weight excluding hydrogens is 266 g/mol. The average Bonchev–Trinajstić information content (AvgIpc) is 2.35. The molecule has 0 aromatic rings. The third-order valence-electron chi connectivity index (χ3n) is 3.99. The smallest absolute Gasteiger partial charge is 0.225 e. The van der Waals surface area contributed by atoms with Gasteiger partial charge in [-0.3, -0.25) is 9.59 Å². The molecule has 4 nitrogen and oxygen atoms in total. The molecule has 0 saturated heterocycles. The molecule has 1 aliphatic rings. The fourth-order valence-electron chi connectivity index (χ4n) is 2.75. The molecule has 2 N–H and O–H groups in total. The van der Waals surface area contributed by atoms with Crippen molar-refractivity contribution in [3.05, 3.63) is 34.1 Å². The zero-order chi connectivity index (χ0) is 16.5. The van der Waals surface area contributed by atoms with Crippen LogP contribution >= 0.6 is 0 Å². The Morgan fingerprint density at radius 1 is 1.19 bits per heavy atom. The second-order valence-corrected chi connectivity index (χ2v) is 6.22. The summed E-state index contributed by atoms with van der Waals surface area (Å²) in [6.45, 7) is 11.0. The van der Waals surface area contributed by atoms with Gasteiger partial charge in [0.15, 0.2) is 11.5 Å². The van der Waals surface area contributed by atoms with Gasteiger partial charge in [0.1, 0.15) is 0 Å². The van der Waals surface area contributed by atoms with Crippen molar-refractivity contribution in [3.63, 3.8) is 0 Å². The molecule has 0 aromatic heterocycles. The van der Waals surface area contributed by atoms with Gasteiger partial charge in [0.25, 0.3) is 0 Å². The first-order chi connectivity index (χ1) is 9.54. The molecule has 21 heavy (non-hydrogen) atoms. The van der Waals surface area contributed by atoms with E-state index in [-0.39, 0.29) is 23.4 Å². The van der Waals surface area contributed by atoms with E-state index in [0.717, 1.165) is 5.57 Å². The van der Waals surface area contributed by atoms with E-state index >= 15 is 0 Å². The third-order valence-corrected chi connectivity index (χ3v) is 3.99. The molecule has 0 aromatic carbocycles. The van der Waals surface area contributed by atoms with Crippen LogP contribution in [0.2, 0.25) is 0 Å². The number of carbonyl (C=O) groups is 2. The van der Waals surface area contributed by atoms with Crippen molar-refractivity contribution in [1.29, 1.82) is 0 Å². The van der Waals surface area contributed by atoms with Crippen LogP contribution in [0.5, 0.6) is 0 Å². The van der Waals surface area contributed by atoms with Gasteiger partial charge in [-0.1, -0.05) is 25.5 Å². The Labute approximate surface area is 126 Å². The van der Waals surface area contributed by atoms with Crippen LogP contribution in [0.15, 0.2) is 34.1 Å². The first kappa shape index (κ1) is 17.4. The molecule has 4 heteroatoms. The lowest BCUT2D eigenvalue weighted by Crippen LogP contribution is -2.31. The fraction of sp³-hybridized carbons (Fsp3) is 0.529. The van der Waals surface area contributed by atoms with Gasteiger partial charge in [0.05, 0.1) is 7.11 Å². The largest absolute Gasteiger partial charge is 0.492 e. The average molecular weight is 291 g/mol. The number of hydrogen-bond acceptors (Lipinski definition) is 4. The third kappa shape index (κ3) is 3.16. The van der Waals surface area contributed by atoms with Crippen LogP contribution in [0.4, 0.5) is 0 Å². The highest BCUT2D eigenvalue weighted by Gasteiger charge is 2.38. The topological polar surface area (TPSA) is 69.4 Å². The van der Waals surface area contributed by atoms with E-state index < -0.39 is 5.41 Å². The van der Waals surface area contributed by atoms with E-state index in [2.05, 4.69) is 0 Å². The minimum atomic E-state index is -0.584. The maximum atomic E-state index is 12.7. The minimum Gasteiger partial charge on any atom is -0.492 e. The fourth-order valence-corrected chi connectivity index (χ4v) is 2.75. The predicted molar refractivity (Wildman–Crippen MR) is 83.6 cm³/mol. The van der Waals surface area contributed by atoms with Crippen molar-refractivity contribution >= 4 is 11.6 Å². The number of methoxy groups -OCH3 is 1. The van der Waals surface area contributed by atoms with Gasteiger partial charge < -0.3 is 10.5 Å². The molecule has 1 unspecified atom stereocenters. The second kappa shape index (κ2) is 5.98. The Hall–Kier alpha value is -1.68. The lowest BCUT2D eigenvalue weighted by Gasteiger charge is -2.30. The van der Waals surface area contributed by atoms with Gasteiger partial charge in [-0.2, -0.15) is 0 Å². The lowest BCUT2D eigenvalue weighted by atomic mass is 9.73. The van der Waals surface area contributed by atoms with Crippen molar-refractivity contribution in [2.75, 3.05) is 7.11 Å². The van der Waals surface area contributed by atoms with E-state index in [0.29, 0.717) is 16.7 Å². The Kier molecular flexibility index (Phi) is 4.95. The molecule has 0 aliphatic heterocycles. The Morgan fingerprint density at radius 3 is 2.14 bits per heavy atom. The van der Waals surface area contributed by atoms with E-state index in [4.69, 9.17) is 10.5 Å². The molecule has 0 spiro atoms. The van der Waals surface area contributed by atoms with E-state index in [1.54, 1.807) is 13.8 Å². The number of rotatable bonds is 4. The van der Waals surface area contributed by atoms with Crippen LogP contribution in [0.1, 0.15) is 41.5 Å². The molecule has 1 aliphatic carbocycles. The maximum Gasteiger partial charge on any atom is 0.225 e. The van der Waals surface area contributed by atoms with Gasteiger partial charge in [-0.25, -0.2) is 0 Å². The van der Waals surface area contributed by atoms with Crippen molar-refractivity contribution < 1.29 is 14.3 Å². The van der Waals surface area contributed by atoms with E-state index in [1.807, 2.05) is 33.8 Å². The van der Waals surface area contributed by atoms with Crippen LogP contribution in [-0.2, 0) is 14.3 Å². The molecule has 1 rings (SSSR count). The molecule has 0 bridgehead atoms. The monoisotopic (exact) mass is 291 g/mol. The molecule has 1 atom stereocenters. The standard InChI is InChI=1S/C17H25NO3/c1-9(12(4)18)8-17(5,6)13-10(2)14(19)11(3)16(21-7)15(13)20/h8,12H,18H2,1-7H3/b9-8+. The van der Waals surface area contributed by atoms with Gasteiger partial charge in [0.2, 0.25) is 5.78 Å². The summed E-state index contributed by atoms with van der Waals surface area (Å²) in [4.78, 5) is 25.0. The second-order valence-electron chi connectivity index (χ2n) is 6.22. The number of carbonyl (C=O) groups excluding carboxylic acids is 2. The number of ketones is 2. The van der Waals surface area contributed by atoms with Crippen LogP contribution in [0.3, 0.4) is 0 Å². The van der Waals surface area contributed by atoms with Gasteiger partial charge in [-0.05, 0) is 27.7 Å². The molecule has 0 radical (unpaired) electrons. The van der Waals surface area contributed by atoms with Crippen LogP contribution < -0.4 is 5.73 Å². The number of nitrogens with two attached hydrogens (primary N) is 1. The normalized spacial score (nSPS) is 19.3. The summed E-state index contributed by atoms with van der Waals surface area (Å²) in [5, 5.41) is 0. The Bertz CT molecular complexity index is 575. The highest BCUT2D eigenvalue weighted by Crippen LogP contribution is 2.38. The summed E-state index contributed by atoms with van der Waals surface area (Å²) >= 11 is 0. The molecule has 0 amide bonds. The number of Topliss-reactive ketones (excluding diaryl/α,β-unsaturated/α-hetero) is 2. The van der Waals surface area contributed by atoms with Gasteiger partial charge in [0, 0.05) is 28.2 Å². The first-order valence-corrected chi connectivity index (χ1v) is 7.05. The highest BCUT2D eigenvalue weighted by atomic mass is 16.5. The maximum absolute atomic E-state index is 12.7. The molecule has 0 heterocycles. The number of ether oxygens (including phenoxy) is 1. The summed E-state index contributed by atoms with van der Waals surface area (Å²) in [5.41, 5.74) is 7.60. The molecule has 116 valence electrons. The summed E-state index contributed by atoms with van der Waals surface area (Å²) in [7, 11) is 1.42. The van der Waals surface area contributed by atoms with Crippen molar-refractivity contribution in [1.82, 2.24) is 0 Å². The van der Waals surface area contributed by atoms with Crippen molar-refractivity contribution in [2.24, 2.45) is 11.1 Å². The summed E-state index contributed by atoms with van der Waals surface area (Å²) in [5.74, 6) is -0.215. The summed E-state index contributed by atoms with van der Waals surface area (Å²) in [6, 6.07) is -0.0984. The molecular formula is C17H25NO3. The Balaban J connectivity index is 3.45. The lowest BCUT2D eigenvalue weighted by molar-refractivity contribution is -0.119. The van der Waals surface area contributed by atoms with Crippen LogP contribution in [0, 0.1) is 5.41 Å². The zero-order valence-corrected chi connectivity index (χ0v) is 14.0. The highest BCUT2D eigenvalue weighted by molar-refractivity contribution is 6.24. The predicted octanol–water partition coefficient (Wildman–Crippen LogP) is 2.69. The van der Waals surface area contributed by atoms with Gasteiger partial charge >= 0.3 is 0 Å². The molecule has 0 fully saturated rings. The summed E-state index contributed by atoms with van der Waals surface area (Å²) < 4.78 is 5.14. The van der Waals surface area contributed by atoms with Crippen molar-refractivity contribution in [3.8, 4) is 0 Å². The first-order valence-electron chi connectivity index (χ1n) is 7.05. The van der Waals surface area contributed by atoms with Crippen molar-refractivity contribution in [2.45, 2.75) is 47.6 Å². The van der Waals surface area contributed by atoms with Gasteiger partial charge in [-0.15, -0.1) is 0 Å². The minimum absolute atomic E-state index is 0.0984. The van der Waals surface area contributed by atoms with E-state index in [9.17, 15) is 9.59 Å².